The van der Waals surface area contributed by atoms with Gasteiger partial charge in [0, 0.05) is 17.0 Å². The van der Waals surface area contributed by atoms with E-state index >= 15 is 0 Å². The number of nitrogens with one attached hydrogen (secondary N) is 2. The molecule has 0 radical (unpaired) electrons. The zero-order valence-corrected chi connectivity index (χ0v) is 14.1. The number of carbonyl (C=O) groups is 1. The van der Waals surface area contributed by atoms with Crippen LogP contribution in [0.5, 0.6) is 5.75 Å². The number of aromatic nitrogens is 2. The molecule has 1 aliphatic carbocycles. The number of hydrogen-bond donors (Lipinski definition) is 2. The molecule has 6 nitrogen and oxygen atoms in total. The quantitative estimate of drug-likeness (QED) is 0.741. The fourth-order valence-electron chi connectivity index (χ4n) is 3.23. The second-order valence-electron chi connectivity index (χ2n) is 6.63. The Kier molecular flexibility index (Phi) is 4.39. The molecule has 0 atom stereocenters. The molecule has 0 bridgehead atoms. The van der Waals surface area contributed by atoms with Crippen molar-refractivity contribution in [2.24, 2.45) is 5.92 Å². The van der Waals surface area contributed by atoms with Gasteiger partial charge in [0.15, 0.2) is 0 Å². The van der Waals surface area contributed by atoms with E-state index in [0.717, 1.165) is 18.6 Å². The molecule has 1 aromatic heterocycles. The van der Waals surface area contributed by atoms with Gasteiger partial charge < -0.3 is 10.1 Å². The van der Waals surface area contributed by atoms with E-state index in [1.54, 1.807) is 24.4 Å². The number of aromatic amines is 1. The van der Waals surface area contributed by atoms with E-state index in [1.807, 2.05) is 30.3 Å². The molecule has 0 saturated heterocycles. The van der Waals surface area contributed by atoms with Gasteiger partial charge in [-0.1, -0.05) is 18.2 Å². The summed E-state index contributed by atoms with van der Waals surface area (Å²) < 4.78 is 5.76. The summed E-state index contributed by atoms with van der Waals surface area (Å²) in [7, 11) is 0. The van der Waals surface area contributed by atoms with Crippen LogP contribution in [0.4, 0.5) is 0 Å². The molecule has 1 amide bonds. The van der Waals surface area contributed by atoms with Gasteiger partial charge in [0.1, 0.15) is 5.75 Å². The van der Waals surface area contributed by atoms with Crippen molar-refractivity contribution in [2.45, 2.75) is 18.9 Å². The molecule has 3 aromatic rings. The van der Waals surface area contributed by atoms with Gasteiger partial charge in [-0.25, -0.2) is 5.10 Å². The molecular weight excluding hydrogens is 330 g/mol. The summed E-state index contributed by atoms with van der Waals surface area (Å²) >= 11 is 0. The molecule has 6 heteroatoms. The number of ether oxygens (including phenoxy) is 1. The van der Waals surface area contributed by atoms with Gasteiger partial charge in [-0.3, -0.25) is 9.59 Å². The Balaban J connectivity index is 1.30. The van der Waals surface area contributed by atoms with Crippen LogP contribution in [-0.4, -0.2) is 28.8 Å². The van der Waals surface area contributed by atoms with E-state index in [-0.39, 0.29) is 17.5 Å². The molecule has 0 aliphatic heterocycles. The van der Waals surface area contributed by atoms with E-state index in [4.69, 9.17) is 4.74 Å². The number of benzene rings is 2. The third kappa shape index (κ3) is 3.44. The summed E-state index contributed by atoms with van der Waals surface area (Å²) in [5.74, 6) is 1.21. The predicted molar refractivity (Wildman–Crippen MR) is 98.3 cm³/mol. The van der Waals surface area contributed by atoms with Crippen molar-refractivity contribution >= 4 is 16.7 Å². The Morgan fingerprint density at radius 2 is 2.00 bits per heavy atom. The van der Waals surface area contributed by atoms with Crippen LogP contribution in [0.15, 0.2) is 59.5 Å². The number of fused-ring (bicyclic) bond motifs is 1. The van der Waals surface area contributed by atoms with Crippen LogP contribution in [0, 0.1) is 5.92 Å². The number of H-pyrrole nitrogens is 1. The molecule has 1 saturated carbocycles. The normalized spacial score (nSPS) is 18.9. The first-order chi connectivity index (χ1) is 12.7. The third-order valence-electron chi connectivity index (χ3n) is 4.73. The van der Waals surface area contributed by atoms with Crippen LogP contribution >= 0.6 is 0 Å². The average Bonchev–Trinajstić information content (AvgIpc) is 2.64. The lowest BCUT2D eigenvalue weighted by Gasteiger charge is -2.35. The molecule has 1 heterocycles. The molecule has 132 valence electrons. The van der Waals surface area contributed by atoms with Gasteiger partial charge in [0.05, 0.1) is 18.2 Å². The Bertz CT molecular complexity index is 978. The third-order valence-corrected chi connectivity index (χ3v) is 4.73. The smallest absolute Gasteiger partial charge is 0.272 e. The van der Waals surface area contributed by atoms with Crippen molar-refractivity contribution in [3.63, 3.8) is 0 Å². The van der Waals surface area contributed by atoms with Crippen molar-refractivity contribution in [1.29, 1.82) is 0 Å². The minimum atomic E-state index is -0.255. The molecule has 1 fully saturated rings. The second kappa shape index (κ2) is 7.00. The van der Waals surface area contributed by atoms with Crippen molar-refractivity contribution in [2.75, 3.05) is 6.61 Å². The number of amides is 1. The highest BCUT2D eigenvalue weighted by molar-refractivity contribution is 5.98. The van der Waals surface area contributed by atoms with Crippen LogP contribution in [0.25, 0.3) is 10.8 Å². The summed E-state index contributed by atoms with van der Waals surface area (Å²) in [6, 6.07) is 14.9. The summed E-state index contributed by atoms with van der Waals surface area (Å²) in [6.45, 7) is 0.667. The lowest BCUT2D eigenvalue weighted by Crippen LogP contribution is -2.45. The van der Waals surface area contributed by atoms with Gasteiger partial charge in [0.25, 0.3) is 11.5 Å². The molecule has 1 aliphatic rings. The summed E-state index contributed by atoms with van der Waals surface area (Å²) in [5.41, 5.74) is 0.281. The van der Waals surface area contributed by atoms with Crippen molar-refractivity contribution in [3.8, 4) is 5.75 Å². The Labute approximate surface area is 150 Å². The lowest BCUT2D eigenvalue weighted by atomic mass is 9.80. The van der Waals surface area contributed by atoms with Crippen LogP contribution in [0.3, 0.4) is 0 Å². The van der Waals surface area contributed by atoms with Crippen LogP contribution in [-0.2, 0) is 0 Å². The lowest BCUT2D eigenvalue weighted by molar-refractivity contribution is 0.0850. The standard InChI is InChI=1S/C20H19N3O3/c24-19(14-6-7-18-15(10-14)11-21-23-20(18)25)22-16-8-13(9-16)12-26-17-4-2-1-3-5-17/h1-7,10-11,13,16H,8-9,12H2,(H,22,24)(H,23,25). The Morgan fingerprint density at radius 1 is 1.19 bits per heavy atom. The van der Waals surface area contributed by atoms with Crippen LogP contribution < -0.4 is 15.6 Å². The zero-order valence-electron chi connectivity index (χ0n) is 14.1. The predicted octanol–water partition coefficient (Wildman–Crippen LogP) is 2.51. The van der Waals surface area contributed by atoms with E-state index in [1.165, 1.54) is 0 Å². The van der Waals surface area contributed by atoms with Crippen LogP contribution in [0.1, 0.15) is 23.2 Å². The fraction of sp³-hybridized carbons (Fsp3) is 0.250. The van der Waals surface area contributed by atoms with Gasteiger partial charge in [-0.05, 0) is 49.1 Å². The minimum Gasteiger partial charge on any atom is -0.493 e. The number of hydrogen-bond acceptors (Lipinski definition) is 4. The van der Waals surface area contributed by atoms with Crippen LogP contribution in [0.2, 0.25) is 0 Å². The SMILES string of the molecule is O=C(NC1CC(COc2ccccc2)C1)c1ccc2c(=O)[nH]ncc2c1. The van der Waals surface area contributed by atoms with E-state index < -0.39 is 0 Å². The number of para-hydroxylation sites is 1. The molecule has 4 rings (SSSR count). The van der Waals surface area contributed by atoms with Gasteiger partial charge >= 0.3 is 0 Å². The molecular formula is C20H19N3O3. The monoisotopic (exact) mass is 349 g/mol. The highest BCUT2D eigenvalue weighted by Crippen LogP contribution is 2.28. The summed E-state index contributed by atoms with van der Waals surface area (Å²) in [5, 5.41) is 10.4. The number of rotatable bonds is 5. The molecule has 0 spiro atoms. The average molecular weight is 349 g/mol. The number of carbonyl (C=O) groups excluding carboxylic acids is 1. The van der Waals surface area contributed by atoms with Gasteiger partial charge in [-0.2, -0.15) is 5.10 Å². The van der Waals surface area contributed by atoms with Crippen molar-refractivity contribution in [1.82, 2.24) is 15.5 Å². The highest BCUT2D eigenvalue weighted by atomic mass is 16.5. The topological polar surface area (TPSA) is 84.1 Å². The molecule has 26 heavy (non-hydrogen) atoms. The first kappa shape index (κ1) is 16.3. The maximum absolute atomic E-state index is 12.4. The number of nitrogens with zero attached hydrogens (tertiary/aromatic N) is 1. The maximum Gasteiger partial charge on any atom is 0.272 e. The van der Waals surface area contributed by atoms with E-state index in [2.05, 4.69) is 15.5 Å². The van der Waals surface area contributed by atoms with Crippen molar-refractivity contribution in [3.05, 3.63) is 70.6 Å². The maximum atomic E-state index is 12.4. The summed E-state index contributed by atoms with van der Waals surface area (Å²) in [4.78, 5) is 24.1. The fourth-order valence-corrected chi connectivity index (χ4v) is 3.23. The first-order valence-corrected chi connectivity index (χ1v) is 8.65. The largest absolute Gasteiger partial charge is 0.493 e. The second-order valence-corrected chi connectivity index (χ2v) is 6.63. The summed E-state index contributed by atoms with van der Waals surface area (Å²) in [6.07, 6.45) is 3.37. The molecule has 0 unspecified atom stereocenters. The highest BCUT2D eigenvalue weighted by Gasteiger charge is 2.31. The first-order valence-electron chi connectivity index (χ1n) is 8.65. The van der Waals surface area contributed by atoms with E-state index in [9.17, 15) is 9.59 Å². The van der Waals surface area contributed by atoms with Gasteiger partial charge in [0.2, 0.25) is 0 Å². The van der Waals surface area contributed by atoms with E-state index in [0.29, 0.717) is 28.9 Å². The molecule has 2 aromatic carbocycles. The molecule has 2 N–H and O–H groups in total. The van der Waals surface area contributed by atoms with Gasteiger partial charge in [-0.15, -0.1) is 0 Å². The zero-order chi connectivity index (χ0) is 17.9. The Hall–Kier alpha value is -3.15. The van der Waals surface area contributed by atoms with Crippen molar-refractivity contribution < 1.29 is 9.53 Å². The Morgan fingerprint density at radius 3 is 2.81 bits per heavy atom. The minimum absolute atomic E-state index is 0.125.